The maximum absolute atomic E-state index is 11.9. The van der Waals surface area contributed by atoms with Crippen molar-refractivity contribution in [3.8, 4) is 5.75 Å². The van der Waals surface area contributed by atoms with Crippen LogP contribution < -0.4 is 10.2 Å². The van der Waals surface area contributed by atoms with Gasteiger partial charge in [0.2, 0.25) is 0 Å². The Hall–Kier alpha value is -1.24. The molecule has 1 aliphatic heterocycles. The van der Waals surface area contributed by atoms with E-state index in [-0.39, 0.29) is 17.3 Å². The molecule has 5 nitrogen and oxygen atoms in total. The van der Waals surface area contributed by atoms with Crippen molar-refractivity contribution in [1.29, 1.82) is 0 Å². The monoisotopic (exact) mass is 366 g/mol. The summed E-state index contributed by atoms with van der Waals surface area (Å²) in [4.78, 5) is 15.2. The third-order valence-electron chi connectivity index (χ3n) is 4.48. The third-order valence-corrected chi connectivity index (χ3v) is 5.75. The van der Waals surface area contributed by atoms with Gasteiger partial charge in [-0.1, -0.05) is 32.6 Å². The van der Waals surface area contributed by atoms with E-state index in [0.717, 1.165) is 49.4 Å². The van der Waals surface area contributed by atoms with E-state index in [1.54, 1.807) is 5.48 Å². The molecule has 1 fully saturated rings. The number of hydrogen-bond acceptors (Lipinski definition) is 5. The van der Waals surface area contributed by atoms with Crippen molar-refractivity contribution in [3.63, 3.8) is 0 Å². The van der Waals surface area contributed by atoms with Crippen LogP contribution in [0.15, 0.2) is 29.2 Å². The van der Waals surface area contributed by atoms with Crippen molar-refractivity contribution in [2.75, 3.05) is 20.1 Å². The van der Waals surface area contributed by atoms with E-state index in [0.29, 0.717) is 0 Å². The molecule has 0 radical (unpaired) electrons. The van der Waals surface area contributed by atoms with Crippen LogP contribution in [0.5, 0.6) is 5.75 Å². The van der Waals surface area contributed by atoms with Crippen molar-refractivity contribution in [2.24, 2.45) is 0 Å². The van der Waals surface area contributed by atoms with Crippen LogP contribution in [0.1, 0.15) is 45.4 Å². The molecule has 1 aromatic carbocycles. The zero-order valence-electron chi connectivity index (χ0n) is 15.2. The van der Waals surface area contributed by atoms with E-state index in [2.05, 4.69) is 18.9 Å². The standard InChI is InChI=1S/C19H30N2O3S/c1-3-4-5-6-7-18(19(22)20-23)25-17-10-8-15(9-11-17)24-16-12-13-21(2)14-16/h8-11,16,18,23H,3-7,12-14H2,1-2H3,(H,20,22). The Bertz CT molecular complexity index is 524. The Morgan fingerprint density at radius 1 is 1.36 bits per heavy atom. The molecule has 0 bridgehead atoms. The summed E-state index contributed by atoms with van der Waals surface area (Å²) in [5.41, 5.74) is 1.80. The van der Waals surface area contributed by atoms with Crippen molar-refractivity contribution >= 4 is 17.7 Å². The molecule has 0 aromatic heterocycles. The molecule has 140 valence electrons. The minimum atomic E-state index is -0.323. The molecule has 25 heavy (non-hydrogen) atoms. The predicted molar refractivity (Wildman–Crippen MR) is 101 cm³/mol. The molecule has 1 heterocycles. The lowest BCUT2D eigenvalue weighted by molar-refractivity contribution is -0.128. The van der Waals surface area contributed by atoms with Gasteiger partial charge in [-0.3, -0.25) is 10.0 Å². The van der Waals surface area contributed by atoms with Crippen molar-refractivity contribution in [3.05, 3.63) is 24.3 Å². The summed E-state index contributed by atoms with van der Waals surface area (Å²) in [6, 6.07) is 7.90. The zero-order chi connectivity index (χ0) is 18.1. The lowest BCUT2D eigenvalue weighted by Crippen LogP contribution is -2.30. The molecule has 0 saturated carbocycles. The van der Waals surface area contributed by atoms with Gasteiger partial charge in [0.25, 0.3) is 5.91 Å². The molecule has 2 rings (SSSR count). The van der Waals surface area contributed by atoms with Crippen molar-refractivity contribution < 1.29 is 14.7 Å². The van der Waals surface area contributed by atoms with Crippen LogP contribution in [0.25, 0.3) is 0 Å². The summed E-state index contributed by atoms with van der Waals surface area (Å²) in [6.45, 7) is 4.21. The first-order valence-corrected chi connectivity index (χ1v) is 10.1. The van der Waals surface area contributed by atoms with Crippen LogP contribution in [0.3, 0.4) is 0 Å². The average molecular weight is 367 g/mol. The fourth-order valence-corrected chi connectivity index (χ4v) is 4.08. The van der Waals surface area contributed by atoms with Crippen LogP contribution >= 0.6 is 11.8 Å². The Morgan fingerprint density at radius 2 is 2.12 bits per heavy atom. The van der Waals surface area contributed by atoms with Gasteiger partial charge in [0.15, 0.2) is 0 Å². The number of unbranched alkanes of at least 4 members (excludes halogenated alkanes) is 3. The van der Waals surface area contributed by atoms with E-state index >= 15 is 0 Å². The van der Waals surface area contributed by atoms with Crippen LogP contribution in [0.4, 0.5) is 0 Å². The average Bonchev–Trinajstić information content (AvgIpc) is 3.03. The van der Waals surface area contributed by atoms with Gasteiger partial charge in [0.05, 0.1) is 5.25 Å². The van der Waals surface area contributed by atoms with Gasteiger partial charge < -0.3 is 9.64 Å². The van der Waals surface area contributed by atoms with Crippen molar-refractivity contribution in [1.82, 2.24) is 10.4 Å². The first kappa shape index (κ1) is 20.1. The van der Waals surface area contributed by atoms with Gasteiger partial charge in [-0.15, -0.1) is 11.8 Å². The van der Waals surface area contributed by atoms with E-state index in [1.165, 1.54) is 24.6 Å². The van der Waals surface area contributed by atoms with Crippen LogP contribution in [0.2, 0.25) is 0 Å². The number of carbonyl (C=O) groups is 1. The first-order valence-electron chi connectivity index (χ1n) is 9.18. The Labute approximate surface area is 155 Å². The number of carbonyl (C=O) groups excluding carboxylic acids is 1. The highest BCUT2D eigenvalue weighted by atomic mass is 32.2. The highest BCUT2D eigenvalue weighted by molar-refractivity contribution is 8.00. The summed E-state index contributed by atoms with van der Waals surface area (Å²) < 4.78 is 6.00. The van der Waals surface area contributed by atoms with E-state index in [4.69, 9.17) is 9.94 Å². The molecule has 2 N–H and O–H groups in total. The van der Waals surface area contributed by atoms with Gasteiger partial charge in [-0.05, 0) is 44.2 Å². The van der Waals surface area contributed by atoms with Gasteiger partial charge in [0.1, 0.15) is 11.9 Å². The number of amides is 1. The summed E-state index contributed by atoms with van der Waals surface area (Å²) >= 11 is 1.50. The lowest BCUT2D eigenvalue weighted by atomic mass is 10.1. The highest BCUT2D eigenvalue weighted by Gasteiger charge is 2.21. The van der Waals surface area contributed by atoms with Crippen LogP contribution in [-0.4, -0.2) is 47.5 Å². The first-order chi connectivity index (χ1) is 12.1. The smallest absolute Gasteiger partial charge is 0.256 e. The van der Waals surface area contributed by atoms with Gasteiger partial charge in [-0.25, -0.2) is 5.48 Å². The van der Waals surface area contributed by atoms with Crippen molar-refractivity contribution in [2.45, 2.75) is 61.7 Å². The largest absolute Gasteiger partial charge is 0.489 e. The fraction of sp³-hybridized carbons (Fsp3) is 0.632. The Morgan fingerprint density at radius 3 is 2.72 bits per heavy atom. The number of rotatable bonds is 10. The lowest BCUT2D eigenvalue weighted by Gasteiger charge is -2.16. The summed E-state index contributed by atoms with van der Waals surface area (Å²) in [7, 11) is 2.11. The molecule has 1 saturated heterocycles. The predicted octanol–water partition coefficient (Wildman–Crippen LogP) is 3.71. The number of hydroxylamine groups is 1. The minimum absolute atomic E-state index is 0.259. The van der Waals surface area contributed by atoms with E-state index in [1.807, 2.05) is 24.3 Å². The number of thioether (sulfide) groups is 1. The molecule has 1 amide bonds. The molecule has 2 unspecified atom stereocenters. The highest BCUT2D eigenvalue weighted by Crippen LogP contribution is 2.29. The topological polar surface area (TPSA) is 61.8 Å². The van der Waals surface area contributed by atoms with Gasteiger partial charge in [0, 0.05) is 18.0 Å². The second kappa shape index (κ2) is 10.7. The molecule has 1 aliphatic rings. The second-order valence-electron chi connectivity index (χ2n) is 6.69. The van der Waals surface area contributed by atoms with E-state index < -0.39 is 0 Å². The molecular weight excluding hydrogens is 336 g/mol. The van der Waals surface area contributed by atoms with Crippen LogP contribution in [0, 0.1) is 0 Å². The number of benzene rings is 1. The fourth-order valence-electron chi connectivity index (χ4n) is 3.02. The third kappa shape index (κ3) is 6.88. The van der Waals surface area contributed by atoms with Gasteiger partial charge in [-0.2, -0.15) is 0 Å². The molecule has 1 aromatic rings. The number of hydrogen-bond donors (Lipinski definition) is 2. The van der Waals surface area contributed by atoms with Crippen LogP contribution in [-0.2, 0) is 4.79 Å². The number of ether oxygens (including phenoxy) is 1. The molecule has 2 atom stereocenters. The minimum Gasteiger partial charge on any atom is -0.489 e. The quantitative estimate of drug-likeness (QED) is 0.286. The summed E-state index contributed by atoms with van der Waals surface area (Å²) in [5, 5.41) is 8.71. The number of nitrogens with one attached hydrogen (secondary N) is 1. The molecule has 0 aliphatic carbocycles. The number of likely N-dealkylation sites (tertiary alicyclic amines) is 1. The Kier molecular flexibility index (Phi) is 8.58. The normalized spacial score (nSPS) is 18.9. The maximum atomic E-state index is 11.9. The van der Waals surface area contributed by atoms with E-state index in [9.17, 15) is 4.79 Å². The summed E-state index contributed by atoms with van der Waals surface area (Å²) in [5.74, 6) is 0.548. The maximum Gasteiger partial charge on any atom is 0.256 e. The molecule has 6 heteroatoms. The zero-order valence-corrected chi connectivity index (χ0v) is 16.1. The molecule has 0 spiro atoms. The van der Waals surface area contributed by atoms with Gasteiger partial charge >= 0.3 is 0 Å². The second-order valence-corrected chi connectivity index (χ2v) is 7.97. The number of likely N-dealkylation sites (N-methyl/N-ethyl adjacent to an activating group) is 1. The Balaban J connectivity index is 1.86. The summed E-state index contributed by atoms with van der Waals surface area (Å²) in [6.07, 6.45) is 6.55. The number of nitrogens with zero attached hydrogens (tertiary/aromatic N) is 1. The SMILES string of the molecule is CCCCCCC(Sc1ccc(OC2CCN(C)C2)cc1)C(=O)NO. The molecular formula is C19H30N2O3S.